The van der Waals surface area contributed by atoms with Gasteiger partial charge in [0.25, 0.3) is 5.56 Å². The molecule has 0 aliphatic rings. The van der Waals surface area contributed by atoms with Gasteiger partial charge in [0.2, 0.25) is 11.7 Å². The molecule has 1 amide bonds. The third-order valence-corrected chi connectivity index (χ3v) is 5.88. The number of carbonyl (C=O) groups is 1. The fourth-order valence-corrected chi connectivity index (χ4v) is 4.29. The maximum Gasteiger partial charge on any atom is 0.272 e. The molecule has 0 aliphatic carbocycles. The van der Waals surface area contributed by atoms with Crippen molar-refractivity contribution in [1.29, 1.82) is 0 Å². The van der Waals surface area contributed by atoms with Crippen molar-refractivity contribution in [1.82, 2.24) is 19.2 Å². The van der Waals surface area contributed by atoms with E-state index in [1.165, 1.54) is 17.4 Å². The molecule has 0 aliphatic heterocycles. The predicted molar refractivity (Wildman–Crippen MR) is 116 cm³/mol. The van der Waals surface area contributed by atoms with E-state index in [4.69, 9.17) is 0 Å². The Morgan fingerprint density at radius 3 is 2.87 bits per heavy atom. The summed E-state index contributed by atoms with van der Waals surface area (Å²) in [6.45, 7) is 4.26. The first kappa shape index (κ1) is 20.2. The van der Waals surface area contributed by atoms with Gasteiger partial charge in [-0.2, -0.15) is 0 Å². The summed E-state index contributed by atoms with van der Waals surface area (Å²) >= 11 is 1.41. The summed E-state index contributed by atoms with van der Waals surface area (Å²) in [4.78, 5) is 25.0. The van der Waals surface area contributed by atoms with E-state index in [2.05, 4.69) is 15.5 Å². The molecule has 4 aromatic rings. The van der Waals surface area contributed by atoms with E-state index in [1.807, 2.05) is 22.8 Å². The molecular weight excluding hydrogens is 405 g/mol. The molecule has 1 N–H and O–H groups in total. The first-order valence-electron chi connectivity index (χ1n) is 9.89. The van der Waals surface area contributed by atoms with E-state index in [1.54, 1.807) is 23.6 Å². The Balaban J connectivity index is 1.51. The number of anilines is 1. The highest BCUT2D eigenvalue weighted by Gasteiger charge is 2.17. The number of hydrogen-bond acceptors (Lipinski definition) is 5. The third kappa shape index (κ3) is 3.72. The van der Waals surface area contributed by atoms with Gasteiger partial charge in [-0.15, -0.1) is 21.5 Å². The van der Waals surface area contributed by atoms with Gasteiger partial charge in [0.15, 0.2) is 0 Å². The number of nitrogens with one attached hydrogen (secondary N) is 1. The molecule has 30 heavy (non-hydrogen) atoms. The Kier molecular flexibility index (Phi) is 5.63. The first-order valence-corrected chi connectivity index (χ1v) is 10.8. The Morgan fingerprint density at radius 1 is 1.27 bits per heavy atom. The Bertz CT molecular complexity index is 1290. The molecule has 0 bridgehead atoms. The van der Waals surface area contributed by atoms with E-state index in [-0.39, 0.29) is 23.7 Å². The smallest absolute Gasteiger partial charge is 0.272 e. The predicted octanol–water partition coefficient (Wildman–Crippen LogP) is 3.92. The van der Waals surface area contributed by atoms with Crippen molar-refractivity contribution >= 4 is 38.9 Å². The van der Waals surface area contributed by atoms with Crippen LogP contribution in [0.25, 0.3) is 16.0 Å². The number of carbonyl (C=O) groups excluding carboxylic acids is 1. The average molecular weight is 428 g/mol. The van der Waals surface area contributed by atoms with Crippen molar-refractivity contribution in [3.8, 4) is 0 Å². The maximum absolute atomic E-state index is 13.6. The summed E-state index contributed by atoms with van der Waals surface area (Å²) in [5.41, 5.74) is 1.73. The van der Waals surface area contributed by atoms with Crippen molar-refractivity contribution in [2.24, 2.45) is 0 Å². The number of halogens is 1. The molecule has 0 radical (unpaired) electrons. The summed E-state index contributed by atoms with van der Waals surface area (Å²) in [6.07, 6.45) is 2.17. The van der Waals surface area contributed by atoms with E-state index < -0.39 is 0 Å². The number of hydrogen-bond donors (Lipinski definition) is 1. The van der Waals surface area contributed by atoms with Crippen LogP contribution in [0.4, 0.5) is 10.1 Å². The molecule has 0 saturated heterocycles. The molecule has 4 rings (SSSR count). The molecule has 1 aromatic carbocycles. The standard InChI is InChI=1S/C21H22FN5O2S/c1-3-10-26-20(29)19-16(9-11-30-19)27-17(24-25-21(26)27)5-4-6-18(28)23-14-8-7-13(2)15(22)12-14/h7-9,11-12H,3-6,10H2,1-2H3,(H,23,28). The minimum absolute atomic E-state index is 0.0435. The van der Waals surface area contributed by atoms with Crippen LogP contribution in [0.15, 0.2) is 34.4 Å². The Labute approximate surface area is 176 Å². The van der Waals surface area contributed by atoms with E-state index in [0.717, 1.165) is 11.9 Å². The van der Waals surface area contributed by atoms with Gasteiger partial charge in [-0.25, -0.2) is 4.39 Å². The number of thiophene rings is 1. The lowest BCUT2D eigenvalue weighted by molar-refractivity contribution is -0.116. The molecular formula is C21H22FN5O2S. The Morgan fingerprint density at radius 2 is 2.10 bits per heavy atom. The lowest BCUT2D eigenvalue weighted by Crippen LogP contribution is -2.22. The van der Waals surface area contributed by atoms with Crippen LogP contribution in [0.3, 0.4) is 0 Å². The van der Waals surface area contributed by atoms with Crippen LogP contribution < -0.4 is 10.9 Å². The van der Waals surface area contributed by atoms with Crippen molar-refractivity contribution in [2.45, 2.75) is 46.1 Å². The van der Waals surface area contributed by atoms with Gasteiger partial charge in [-0.1, -0.05) is 13.0 Å². The Hall–Kier alpha value is -3.07. The monoisotopic (exact) mass is 427 g/mol. The SMILES string of the molecule is CCCn1c(=O)c2sccc2n2c(CCCC(=O)Nc3ccc(C)c(F)c3)nnc12. The second-order valence-electron chi connectivity index (χ2n) is 7.21. The number of fused-ring (bicyclic) bond motifs is 3. The molecule has 0 spiro atoms. The van der Waals surface area contributed by atoms with Gasteiger partial charge in [0.1, 0.15) is 16.3 Å². The zero-order valence-electron chi connectivity index (χ0n) is 16.8. The number of rotatable bonds is 7. The van der Waals surface area contributed by atoms with Gasteiger partial charge in [-0.3, -0.25) is 18.6 Å². The quantitative estimate of drug-likeness (QED) is 0.485. The van der Waals surface area contributed by atoms with Gasteiger partial charge >= 0.3 is 0 Å². The minimum atomic E-state index is -0.347. The van der Waals surface area contributed by atoms with Crippen LogP contribution in [0.1, 0.15) is 37.6 Å². The molecule has 0 saturated carbocycles. The molecule has 9 heteroatoms. The lowest BCUT2D eigenvalue weighted by Gasteiger charge is -2.08. The van der Waals surface area contributed by atoms with E-state index >= 15 is 0 Å². The summed E-state index contributed by atoms with van der Waals surface area (Å²) in [6, 6.07) is 6.54. The van der Waals surface area contributed by atoms with Crippen molar-refractivity contribution in [3.05, 3.63) is 57.2 Å². The third-order valence-electron chi connectivity index (χ3n) is 4.99. The number of benzene rings is 1. The van der Waals surface area contributed by atoms with E-state index in [0.29, 0.717) is 46.9 Å². The summed E-state index contributed by atoms with van der Waals surface area (Å²) in [5.74, 6) is 0.714. The maximum atomic E-state index is 13.6. The fraction of sp³-hybridized carbons (Fsp3) is 0.333. The highest BCUT2D eigenvalue weighted by molar-refractivity contribution is 7.17. The second kappa shape index (κ2) is 8.35. The zero-order chi connectivity index (χ0) is 21.3. The topological polar surface area (TPSA) is 81.3 Å². The van der Waals surface area contributed by atoms with Crippen LogP contribution in [0.2, 0.25) is 0 Å². The van der Waals surface area contributed by atoms with Crippen LogP contribution in [0.5, 0.6) is 0 Å². The van der Waals surface area contributed by atoms with Gasteiger partial charge in [-0.05, 0) is 48.9 Å². The molecule has 156 valence electrons. The molecule has 0 atom stereocenters. The zero-order valence-corrected chi connectivity index (χ0v) is 17.6. The van der Waals surface area contributed by atoms with Crippen molar-refractivity contribution < 1.29 is 9.18 Å². The van der Waals surface area contributed by atoms with Crippen molar-refractivity contribution in [3.63, 3.8) is 0 Å². The lowest BCUT2D eigenvalue weighted by atomic mass is 10.2. The number of amides is 1. The largest absolute Gasteiger partial charge is 0.326 e. The molecule has 0 unspecified atom stereocenters. The normalized spacial score (nSPS) is 11.4. The van der Waals surface area contributed by atoms with Gasteiger partial charge < -0.3 is 5.32 Å². The van der Waals surface area contributed by atoms with Crippen LogP contribution in [0, 0.1) is 12.7 Å². The number of aryl methyl sites for hydroxylation is 3. The molecule has 7 nitrogen and oxygen atoms in total. The summed E-state index contributed by atoms with van der Waals surface area (Å²) < 4.78 is 17.9. The summed E-state index contributed by atoms with van der Waals surface area (Å²) in [7, 11) is 0. The highest BCUT2D eigenvalue weighted by atomic mass is 32.1. The van der Waals surface area contributed by atoms with Crippen LogP contribution in [-0.4, -0.2) is 25.1 Å². The van der Waals surface area contributed by atoms with Crippen LogP contribution in [-0.2, 0) is 17.8 Å². The molecule has 0 fully saturated rings. The average Bonchev–Trinajstić information content (AvgIpc) is 3.35. The first-order chi connectivity index (χ1) is 14.5. The highest BCUT2D eigenvalue weighted by Crippen LogP contribution is 2.21. The number of aromatic nitrogens is 4. The van der Waals surface area contributed by atoms with Gasteiger partial charge in [0, 0.05) is 25.1 Å². The van der Waals surface area contributed by atoms with Crippen LogP contribution >= 0.6 is 11.3 Å². The van der Waals surface area contributed by atoms with Crippen molar-refractivity contribution in [2.75, 3.05) is 5.32 Å². The number of nitrogens with zero attached hydrogens (tertiary/aromatic N) is 4. The molecule has 3 heterocycles. The summed E-state index contributed by atoms with van der Waals surface area (Å²) in [5, 5.41) is 13.1. The minimum Gasteiger partial charge on any atom is -0.326 e. The van der Waals surface area contributed by atoms with Gasteiger partial charge in [0.05, 0.1) is 5.52 Å². The fourth-order valence-electron chi connectivity index (χ4n) is 3.47. The molecule has 3 aromatic heterocycles. The second-order valence-corrected chi connectivity index (χ2v) is 8.13. The van der Waals surface area contributed by atoms with E-state index in [9.17, 15) is 14.0 Å².